The number of hydrogen-bond donors (Lipinski definition) is 0. The predicted octanol–water partition coefficient (Wildman–Crippen LogP) is 2.77. The molecule has 1 amide bonds. The Kier molecular flexibility index (Phi) is 4.08. The van der Waals surface area contributed by atoms with Gasteiger partial charge in [-0.1, -0.05) is 0 Å². The van der Waals surface area contributed by atoms with Crippen LogP contribution in [0, 0.1) is 0 Å². The van der Waals surface area contributed by atoms with E-state index in [1.165, 1.54) is 0 Å². The minimum Gasteiger partial charge on any atom is -0.489 e. The van der Waals surface area contributed by atoms with Crippen LogP contribution in [0.3, 0.4) is 0 Å². The van der Waals surface area contributed by atoms with E-state index in [0.29, 0.717) is 18.7 Å². The number of piperidine rings is 1. The standard InChI is InChI=1S/C17H16N4O2S/c22-17(12-3-4-15-16(10-12)20-24-19-15)21-8-5-13(6-9-21)23-14-2-1-7-18-11-14/h1-4,7,10-11,13H,5-6,8-9H2. The summed E-state index contributed by atoms with van der Waals surface area (Å²) >= 11 is 1.16. The lowest BCUT2D eigenvalue weighted by Crippen LogP contribution is -2.41. The van der Waals surface area contributed by atoms with Crippen LogP contribution in [-0.4, -0.2) is 43.7 Å². The number of benzene rings is 1. The summed E-state index contributed by atoms with van der Waals surface area (Å²) in [4.78, 5) is 18.6. The van der Waals surface area contributed by atoms with Crippen molar-refractivity contribution in [2.45, 2.75) is 18.9 Å². The van der Waals surface area contributed by atoms with Gasteiger partial charge in [0, 0.05) is 37.7 Å². The molecule has 7 heteroatoms. The smallest absolute Gasteiger partial charge is 0.253 e. The van der Waals surface area contributed by atoms with Crippen molar-refractivity contribution >= 4 is 28.7 Å². The van der Waals surface area contributed by atoms with Crippen LogP contribution in [0.1, 0.15) is 23.2 Å². The molecule has 3 heterocycles. The predicted molar refractivity (Wildman–Crippen MR) is 91.2 cm³/mol. The van der Waals surface area contributed by atoms with E-state index in [2.05, 4.69) is 13.7 Å². The van der Waals surface area contributed by atoms with E-state index in [0.717, 1.165) is 41.4 Å². The molecule has 0 bridgehead atoms. The maximum atomic E-state index is 12.7. The van der Waals surface area contributed by atoms with Crippen molar-refractivity contribution in [3.8, 4) is 5.75 Å². The normalized spacial score (nSPS) is 15.6. The highest BCUT2D eigenvalue weighted by molar-refractivity contribution is 7.00. The second kappa shape index (κ2) is 6.52. The Morgan fingerprint density at radius 3 is 2.79 bits per heavy atom. The highest BCUT2D eigenvalue weighted by Crippen LogP contribution is 2.20. The largest absolute Gasteiger partial charge is 0.489 e. The molecule has 0 radical (unpaired) electrons. The second-order valence-electron chi connectivity index (χ2n) is 5.77. The molecule has 1 aliphatic rings. The SMILES string of the molecule is O=C(c1ccc2nsnc2c1)N1CCC(Oc2cccnc2)CC1. The number of nitrogens with zero attached hydrogens (tertiary/aromatic N) is 4. The molecule has 1 aliphatic heterocycles. The zero-order chi connectivity index (χ0) is 16.4. The molecule has 24 heavy (non-hydrogen) atoms. The van der Waals surface area contributed by atoms with E-state index in [9.17, 15) is 4.79 Å². The second-order valence-corrected chi connectivity index (χ2v) is 6.29. The fourth-order valence-electron chi connectivity index (χ4n) is 2.88. The van der Waals surface area contributed by atoms with Gasteiger partial charge in [0.05, 0.1) is 17.9 Å². The van der Waals surface area contributed by atoms with Crippen molar-refractivity contribution in [3.05, 3.63) is 48.3 Å². The Balaban J connectivity index is 1.39. The van der Waals surface area contributed by atoms with Crippen LogP contribution in [0.5, 0.6) is 5.75 Å². The van der Waals surface area contributed by atoms with E-state index in [-0.39, 0.29) is 12.0 Å². The van der Waals surface area contributed by atoms with Crippen molar-refractivity contribution in [2.24, 2.45) is 0 Å². The van der Waals surface area contributed by atoms with Gasteiger partial charge in [0.1, 0.15) is 22.9 Å². The van der Waals surface area contributed by atoms with Gasteiger partial charge in [-0.05, 0) is 30.3 Å². The zero-order valence-electron chi connectivity index (χ0n) is 13.0. The van der Waals surface area contributed by atoms with Crippen LogP contribution in [0.4, 0.5) is 0 Å². The Hall–Kier alpha value is -2.54. The van der Waals surface area contributed by atoms with Crippen LogP contribution in [0.15, 0.2) is 42.7 Å². The first-order valence-electron chi connectivity index (χ1n) is 7.88. The van der Waals surface area contributed by atoms with Gasteiger partial charge in [0.2, 0.25) is 0 Å². The first kappa shape index (κ1) is 15.0. The summed E-state index contributed by atoms with van der Waals surface area (Å²) in [5, 5.41) is 0. The summed E-state index contributed by atoms with van der Waals surface area (Å²) in [7, 11) is 0. The fourth-order valence-corrected chi connectivity index (χ4v) is 3.40. The Morgan fingerprint density at radius 1 is 1.17 bits per heavy atom. The van der Waals surface area contributed by atoms with Gasteiger partial charge in [-0.15, -0.1) is 0 Å². The molecule has 0 N–H and O–H groups in total. The number of fused-ring (bicyclic) bond motifs is 1. The third kappa shape index (κ3) is 3.07. The first-order chi connectivity index (χ1) is 11.8. The minimum atomic E-state index is 0.0460. The van der Waals surface area contributed by atoms with E-state index < -0.39 is 0 Å². The average Bonchev–Trinajstić information content (AvgIpc) is 3.10. The summed E-state index contributed by atoms with van der Waals surface area (Å²) in [6.45, 7) is 1.38. The fraction of sp³-hybridized carbons (Fsp3) is 0.294. The molecule has 1 saturated heterocycles. The number of carbonyl (C=O) groups excluding carboxylic acids is 1. The topological polar surface area (TPSA) is 68.2 Å². The summed E-state index contributed by atoms with van der Waals surface area (Å²) < 4.78 is 14.3. The van der Waals surface area contributed by atoms with Gasteiger partial charge in [-0.3, -0.25) is 9.78 Å². The lowest BCUT2D eigenvalue weighted by Gasteiger charge is -2.32. The van der Waals surface area contributed by atoms with Crippen LogP contribution < -0.4 is 4.74 Å². The average molecular weight is 340 g/mol. The molecular weight excluding hydrogens is 324 g/mol. The molecule has 122 valence electrons. The van der Waals surface area contributed by atoms with Crippen LogP contribution in [0.2, 0.25) is 0 Å². The molecule has 0 saturated carbocycles. The first-order valence-corrected chi connectivity index (χ1v) is 8.61. The number of pyridine rings is 1. The number of likely N-dealkylation sites (tertiary alicyclic amines) is 1. The molecule has 1 fully saturated rings. The van der Waals surface area contributed by atoms with Crippen LogP contribution in [-0.2, 0) is 0 Å². The Morgan fingerprint density at radius 2 is 2.00 bits per heavy atom. The van der Waals surface area contributed by atoms with Crippen LogP contribution in [0.25, 0.3) is 11.0 Å². The van der Waals surface area contributed by atoms with Gasteiger partial charge >= 0.3 is 0 Å². The molecular formula is C17H16N4O2S. The molecule has 1 aromatic carbocycles. The lowest BCUT2D eigenvalue weighted by molar-refractivity contribution is 0.0595. The number of carbonyl (C=O) groups is 1. The summed E-state index contributed by atoms with van der Waals surface area (Å²) in [5.74, 6) is 0.827. The Bertz CT molecular complexity index is 844. The van der Waals surface area contributed by atoms with E-state index in [1.807, 2.05) is 35.2 Å². The highest BCUT2D eigenvalue weighted by atomic mass is 32.1. The quantitative estimate of drug-likeness (QED) is 0.733. The van der Waals surface area contributed by atoms with Gasteiger partial charge < -0.3 is 9.64 Å². The number of ether oxygens (including phenoxy) is 1. The highest BCUT2D eigenvalue weighted by Gasteiger charge is 2.25. The van der Waals surface area contributed by atoms with E-state index in [4.69, 9.17) is 4.74 Å². The molecule has 0 atom stereocenters. The van der Waals surface area contributed by atoms with Gasteiger partial charge in [0.25, 0.3) is 5.91 Å². The minimum absolute atomic E-state index is 0.0460. The maximum Gasteiger partial charge on any atom is 0.253 e. The molecule has 3 aromatic rings. The van der Waals surface area contributed by atoms with Crippen molar-refractivity contribution in [2.75, 3.05) is 13.1 Å². The van der Waals surface area contributed by atoms with Crippen molar-refractivity contribution in [1.29, 1.82) is 0 Å². The molecule has 2 aromatic heterocycles. The zero-order valence-corrected chi connectivity index (χ0v) is 13.8. The van der Waals surface area contributed by atoms with Crippen molar-refractivity contribution in [1.82, 2.24) is 18.6 Å². The molecule has 0 unspecified atom stereocenters. The van der Waals surface area contributed by atoms with Crippen molar-refractivity contribution < 1.29 is 9.53 Å². The number of amides is 1. The monoisotopic (exact) mass is 340 g/mol. The Labute approximate surface area is 143 Å². The molecule has 0 spiro atoms. The van der Waals surface area contributed by atoms with Gasteiger partial charge in [-0.2, -0.15) is 8.75 Å². The summed E-state index contributed by atoms with van der Waals surface area (Å²) in [6, 6.07) is 9.26. The number of hydrogen-bond acceptors (Lipinski definition) is 6. The third-order valence-electron chi connectivity index (χ3n) is 4.17. The molecule has 0 aliphatic carbocycles. The summed E-state index contributed by atoms with van der Waals surface area (Å²) in [6.07, 6.45) is 5.21. The van der Waals surface area contributed by atoms with E-state index >= 15 is 0 Å². The number of aromatic nitrogens is 3. The number of rotatable bonds is 3. The maximum absolute atomic E-state index is 12.7. The van der Waals surface area contributed by atoms with Gasteiger partial charge in [0.15, 0.2) is 0 Å². The lowest BCUT2D eigenvalue weighted by atomic mass is 10.1. The van der Waals surface area contributed by atoms with Gasteiger partial charge in [-0.25, -0.2) is 0 Å². The van der Waals surface area contributed by atoms with E-state index in [1.54, 1.807) is 12.4 Å². The molecule has 4 rings (SSSR count). The van der Waals surface area contributed by atoms with Crippen molar-refractivity contribution in [3.63, 3.8) is 0 Å². The summed E-state index contributed by atoms with van der Waals surface area (Å²) in [5.41, 5.74) is 2.28. The third-order valence-corrected chi connectivity index (χ3v) is 4.72. The molecule has 6 nitrogen and oxygen atoms in total. The van der Waals surface area contributed by atoms with Crippen LogP contribution >= 0.6 is 11.7 Å².